The minimum atomic E-state index is -1.13. The van der Waals surface area contributed by atoms with E-state index in [0.29, 0.717) is 5.02 Å². The Hall–Kier alpha value is -1.49. The van der Waals surface area contributed by atoms with Crippen LogP contribution in [-0.4, -0.2) is 11.7 Å². The Morgan fingerprint density at radius 3 is 2.57 bits per heavy atom. The van der Waals surface area contributed by atoms with Crippen molar-refractivity contribution in [3.63, 3.8) is 0 Å². The monoisotopic (exact) mass is 311 g/mol. The van der Waals surface area contributed by atoms with Gasteiger partial charge in [0.15, 0.2) is 0 Å². The molecular weight excluding hydrogens is 296 g/mol. The molecule has 2 rings (SSSR count). The first-order valence-corrected chi connectivity index (χ1v) is 6.97. The fourth-order valence-electron chi connectivity index (χ4n) is 2.10. The van der Waals surface area contributed by atoms with Crippen LogP contribution in [-0.2, 0) is 0 Å². The largest absolute Gasteiger partial charge is 0.387 e. The standard InChI is InChI=1S/C16H16ClF2NO/c1-10(12-4-2-3-5-14(12)17)20-9-16(21)13-8-11(18)6-7-15(13)19/h2-8,10,16,20-21H,9H2,1H3/t10-,16?/m1/s1. The van der Waals surface area contributed by atoms with Gasteiger partial charge in [0.2, 0.25) is 0 Å². The number of hydrogen-bond donors (Lipinski definition) is 2. The summed E-state index contributed by atoms with van der Waals surface area (Å²) in [5.74, 6) is -1.21. The van der Waals surface area contributed by atoms with Gasteiger partial charge in [-0.1, -0.05) is 29.8 Å². The van der Waals surface area contributed by atoms with E-state index in [-0.39, 0.29) is 18.2 Å². The van der Waals surface area contributed by atoms with Crippen LogP contribution in [0.15, 0.2) is 42.5 Å². The van der Waals surface area contributed by atoms with Crippen molar-refractivity contribution in [1.29, 1.82) is 0 Å². The normalized spacial score (nSPS) is 14.0. The highest BCUT2D eigenvalue weighted by Gasteiger charge is 2.16. The second-order valence-corrected chi connectivity index (χ2v) is 5.24. The third kappa shape index (κ3) is 4.00. The van der Waals surface area contributed by atoms with E-state index < -0.39 is 17.7 Å². The van der Waals surface area contributed by atoms with Crippen LogP contribution in [0.5, 0.6) is 0 Å². The fraction of sp³-hybridized carbons (Fsp3) is 0.250. The quantitative estimate of drug-likeness (QED) is 0.874. The van der Waals surface area contributed by atoms with Gasteiger partial charge in [-0.15, -0.1) is 0 Å². The van der Waals surface area contributed by atoms with Crippen LogP contribution >= 0.6 is 11.6 Å². The molecule has 0 aliphatic heterocycles. The average Bonchev–Trinajstić information content (AvgIpc) is 2.47. The van der Waals surface area contributed by atoms with Gasteiger partial charge in [-0.3, -0.25) is 0 Å². The zero-order chi connectivity index (χ0) is 15.4. The number of benzene rings is 2. The molecule has 0 saturated heterocycles. The van der Waals surface area contributed by atoms with Crippen LogP contribution in [0.1, 0.15) is 30.2 Å². The Morgan fingerprint density at radius 2 is 1.86 bits per heavy atom. The molecule has 0 radical (unpaired) electrons. The van der Waals surface area contributed by atoms with Gasteiger partial charge < -0.3 is 10.4 Å². The van der Waals surface area contributed by atoms with Crippen molar-refractivity contribution in [3.8, 4) is 0 Å². The maximum absolute atomic E-state index is 13.6. The lowest BCUT2D eigenvalue weighted by molar-refractivity contribution is 0.166. The van der Waals surface area contributed by atoms with Crippen molar-refractivity contribution in [3.05, 3.63) is 70.2 Å². The van der Waals surface area contributed by atoms with Crippen molar-refractivity contribution >= 4 is 11.6 Å². The molecule has 0 fully saturated rings. The fourth-order valence-corrected chi connectivity index (χ4v) is 2.40. The van der Waals surface area contributed by atoms with Crippen LogP contribution in [0.3, 0.4) is 0 Å². The summed E-state index contributed by atoms with van der Waals surface area (Å²) in [6.45, 7) is 1.97. The summed E-state index contributed by atoms with van der Waals surface area (Å²) in [7, 11) is 0. The van der Waals surface area contributed by atoms with Gasteiger partial charge >= 0.3 is 0 Å². The molecule has 112 valence electrons. The summed E-state index contributed by atoms with van der Waals surface area (Å²) in [6.07, 6.45) is -1.13. The number of aliphatic hydroxyl groups excluding tert-OH is 1. The number of aliphatic hydroxyl groups is 1. The van der Waals surface area contributed by atoms with Crippen molar-refractivity contribution in [2.45, 2.75) is 19.1 Å². The Balaban J connectivity index is 2.02. The third-order valence-corrected chi connectivity index (χ3v) is 3.65. The highest BCUT2D eigenvalue weighted by Crippen LogP contribution is 2.23. The van der Waals surface area contributed by atoms with Crippen LogP contribution in [0, 0.1) is 11.6 Å². The first-order chi connectivity index (χ1) is 9.99. The van der Waals surface area contributed by atoms with Gasteiger partial charge in [-0.05, 0) is 36.8 Å². The summed E-state index contributed by atoms with van der Waals surface area (Å²) >= 11 is 6.09. The zero-order valence-electron chi connectivity index (χ0n) is 11.5. The molecule has 2 nitrogen and oxygen atoms in total. The predicted molar refractivity (Wildman–Crippen MR) is 79.2 cm³/mol. The molecule has 2 N–H and O–H groups in total. The average molecular weight is 312 g/mol. The van der Waals surface area contributed by atoms with Crippen molar-refractivity contribution in [2.24, 2.45) is 0 Å². The first kappa shape index (κ1) is 15.9. The molecule has 2 aromatic rings. The van der Waals surface area contributed by atoms with Crippen LogP contribution in [0.25, 0.3) is 0 Å². The second-order valence-electron chi connectivity index (χ2n) is 4.83. The maximum Gasteiger partial charge on any atom is 0.129 e. The van der Waals surface area contributed by atoms with E-state index in [2.05, 4.69) is 5.32 Å². The maximum atomic E-state index is 13.6. The lowest BCUT2D eigenvalue weighted by atomic mass is 10.1. The number of halogens is 3. The van der Waals surface area contributed by atoms with E-state index in [9.17, 15) is 13.9 Å². The molecule has 0 bridgehead atoms. The third-order valence-electron chi connectivity index (χ3n) is 3.31. The van der Waals surface area contributed by atoms with Gasteiger partial charge in [0.25, 0.3) is 0 Å². The molecule has 0 aliphatic carbocycles. The lowest BCUT2D eigenvalue weighted by Crippen LogP contribution is -2.25. The molecule has 2 atom stereocenters. The van der Waals surface area contributed by atoms with E-state index in [1.165, 1.54) is 0 Å². The minimum Gasteiger partial charge on any atom is -0.387 e. The summed E-state index contributed by atoms with van der Waals surface area (Å²) in [6, 6.07) is 10.2. The molecule has 2 aromatic carbocycles. The van der Waals surface area contributed by atoms with Crippen molar-refractivity contribution in [1.82, 2.24) is 5.32 Å². The van der Waals surface area contributed by atoms with Gasteiger partial charge in [0.1, 0.15) is 11.6 Å². The lowest BCUT2D eigenvalue weighted by Gasteiger charge is -2.19. The van der Waals surface area contributed by atoms with Crippen LogP contribution in [0.4, 0.5) is 8.78 Å². The smallest absolute Gasteiger partial charge is 0.129 e. The molecule has 0 heterocycles. The molecule has 0 spiro atoms. The summed E-state index contributed by atoms with van der Waals surface area (Å²) < 4.78 is 26.7. The van der Waals surface area contributed by atoms with Gasteiger partial charge in [-0.25, -0.2) is 8.78 Å². The molecule has 5 heteroatoms. The first-order valence-electron chi connectivity index (χ1n) is 6.60. The molecule has 1 unspecified atom stereocenters. The Bertz CT molecular complexity index is 621. The van der Waals surface area contributed by atoms with Crippen LogP contribution in [0.2, 0.25) is 5.02 Å². The van der Waals surface area contributed by atoms with Gasteiger partial charge in [-0.2, -0.15) is 0 Å². The number of hydrogen-bond acceptors (Lipinski definition) is 2. The van der Waals surface area contributed by atoms with E-state index in [4.69, 9.17) is 11.6 Å². The van der Waals surface area contributed by atoms with Crippen molar-refractivity contribution in [2.75, 3.05) is 6.54 Å². The van der Waals surface area contributed by atoms with E-state index in [0.717, 1.165) is 23.8 Å². The van der Waals surface area contributed by atoms with Crippen LogP contribution < -0.4 is 5.32 Å². The van der Waals surface area contributed by atoms with Gasteiger partial charge in [0, 0.05) is 23.2 Å². The summed E-state index contributed by atoms with van der Waals surface area (Å²) in [5.41, 5.74) is 0.819. The van der Waals surface area contributed by atoms with E-state index >= 15 is 0 Å². The second kappa shape index (κ2) is 6.98. The number of rotatable bonds is 5. The van der Waals surface area contributed by atoms with E-state index in [1.807, 2.05) is 25.1 Å². The minimum absolute atomic E-state index is 0.0612. The van der Waals surface area contributed by atoms with E-state index in [1.54, 1.807) is 6.07 Å². The SMILES string of the molecule is C[C@@H](NCC(O)c1cc(F)ccc1F)c1ccccc1Cl. The summed E-state index contributed by atoms with van der Waals surface area (Å²) in [4.78, 5) is 0. The van der Waals surface area contributed by atoms with Crippen molar-refractivity contribution < 1.29 is 13.9 Å². The molecule has 0 aromatic heterocycles. The molecule has 21 heavy (non-hydrogen) atoms. The number of nitrogens with one attached hydrogen (secondary N) is 1. The van der Waals surface area contributed by atoms with Gasteiger partial charge in [0.05, 0.1) is 6.10 Å². The highest BCUT2D eigenvalue weighted by atomic mass is 35.5. The predicted octanol–water partition coefficient (Wildman–Crippen LogP) is 4.00. The Morgan fingerprint density at radius 1 is 1.14 bits per heavy atom. The Labute approximate surface area is 127 Å². The molecule has 0 saturated carbocycles. The molecule has 0 aliphatic rings. The molecular formula is C16H16ClF2NO. The zero-order valence-corrected chi connectivity index (χ0v) is 12.2. The Kier molecular flexibility index (Phi) is 5.28. The topological polar surface area (TPSA) is 32.3 Å². The molecule has 0 amide bonds. The summed E-state index contributed by atoms with van der Waals surface area (Å²) in [5, 5.41) is 13.7. The highest BCUT2D eigenvalue weighted by molar-refractivity contribution is 6.31.